The Kier molecular flexibility index (Phi) is 6.76. The molecule has 0 unspecified atom stereocenters. The minimum atomic E-state index is -0.488. The molecule has 3 aromatic rings. The van der Waals surface area contributed by atoms with Crippen LogP contribution in [0.3, 0.4) is 0 Å². The maximum absolute atomic E-state index is 12.9. The molecule has 5 rings (SSSR count). The molecule has 0 spiro atoms. The van der Waals surface area contributed by atoms with Gasteiger partial charge in [0.05, 0.1) is 21.1 Å². The van der Waals surface area contributed by atoms with E-state index in [0.717, 1.165) is 0 Å². The van der Waals surface area contributed by atoms with Crippen molar-refractivity contribution in [3.8, 4) is 11.5 Å². The largest absolute Gasteiger partial charge is 0.454 e. The summed E-state index contributed by atoms with van der Waals surface area (Å²) < 4.78 is 5.90. The monoisotopic (exact) mass is 540 g/mol. The van der Waals surface area contributed by atoms with Crippen LogP contribution < -0.4 is 9.64 Å². The first kappa shape index (κ1) is 25.0. The number of carbonyl (C=O) groups excluding carboxylic acids is 2. The Morgan fingerprint density at radius 1 is 0.946 bits per heavy atom. The molecule has 0 bridgehead atoms. The summed E-state index contributed by atoms with van der Waals surface area (Å²) in [5.41, 5.74) is 0.814. The van der Waals surface area contributed by atoms with Crippen LogP contribution in [-0.2, 0) is 0 Å². The molecule has 1 atom stereocenters. The van der Waals surface area contributed by atoms with Crippen molar-refractivity contribution in [2.45, 2.75) is 6.04 Å². The number of likely N-dealkylation sites (N-methyl/N-ethyl adjacent to an activating group) is 1. The first-order valence-corrected chi connectivity index (χ1v) is 12.3. The minimum absolute atomic E-state index is 0.0816. The lowest BCUT2D eigenvalue weighted by molar-refractivity contribution is -0.384. The van der Waals surface area contributed by atoms with Crippen LogP contribution in [0.4, 0.5) is 11.4 Å². The van der Waals surface area contributed by atoms with Crippen molar-refractivity contribution in [2.75, 3.05) is 38.1 Å². The minimum Gasteiger partial charge on any atom is -0.454 e. The predicted molar refractivity (Wildman–Crippen MR) is 140 cm³/mol. The molecule has 9 nitrogen and oxygen atoms in total. The van der Waals surface area contributed by atoms with Gasteiger partial charge in [0.2, 0.25) is 0 Å². The van der Waals surface area contributed by atoms with Gasteiger partial charge in [-0.3, -0.25) is 29.5 Å². The predicted octanol–water partition coefficient (Wildman–Crippen LogP) is 5.11. The van der Waals surface area contributed by atoms with Crippen molar-refractivity contribution >= 4 is 46.4 Å². The van der Waals surface area contributed by atoms with Crippen LogP contribution >= 0.6 is 23.2 Å². The van der Waals surface area contributed by atoms with E-state index in [-0.39, 0.29) is 46.5 Å². The zero-order valence-corrected chi connectivity index (χ0v) is 21.3. The maximum atomic E-state index is 12.9. The number of halogens is 2. The highest BCUT2D eigenvalue weighted by atomic mass is 35.5. The van der Waals surface area contributed by atoms with Crippen molar-refractivity contribution in [3.63, 3.8) is 0 Å². The second-order valence-electron chi connectivity index (χ2n) is 8.88. The second-order valence-corrected chi connectivity index (χ2v) is 9.67. The SMILES string of the molecule is CN1CCN(c2c([N+](=O)[O-])ccc(Oc3ccccc3Cl)c2Cl)C[C@@H]1CN1C(=O)c2ccccc2C1=O. The topological polar surface area (TPSA) is 96.2 Å². The van der Waals surface area contributed by atoms with Crippen LogP contribution in [-0.4, -0.2) is 65.8 Å². The number of fused-ring (bicyclic) bond motifs is 1. The zero-order valence-electron chi connectivity index (χ0n) is 19.8. The summed E-state index contributed by atoms with van der Waals surface area (Å²) in [7, 11) is 1.90. The van der Waals surface area contributed by atoms with Crippen LogP contribution in [0.25, 0.3) is 0 Å². The first-order chi connectivity index (χ1) is 17.8. The Hall–Kier alpha value is -3.66. The molecule has 1 fully saturated rings. The van der Waals surface area contributed by atoms with Gasteiger partial charge >= 0.3 is 0 Å². The summed E-state index contributed by atoms with van der Waals surface area (Å²) in [4.78, 5) is 42.4. The number of amides is 2. The van der Waals surface area contributed by atoms with Gasteiger partial charge in [0.1, 0.15) is 22.2 Å². The maximum Gasteiger partial charge on any atom is 0.294 e. The Morgan fingerprint density at radius 2 is 1.59 bits per heavy atom. The van der Waals surface area contributed by atoms with Crippen molar-refractivity contribution in [2.24, 2.45) is 0 Å². The summed E-state index contributed by atoms with van der Waals surface area (Å²) >= 11 is 12.9. The Balaban J connectivity index is 1.43. The lowest BCUT2D eigenvalue weighted by atomic mass is 10.1. The van der Waals surface area contributed by atoms with Crippen LogP contribution in [0.1, 0.15) is 20.7 Å². The number of hydrogen-bond acceptors (Lipinski definition) is 7. The number of rotatable bonds is 6. The Labute approximate surface area is 222 Å². The molecule has 0 aliphatic carbocycles. The molecular formula is C26H22Cl2N4O5. The smallest absolute Gasteiger partial charge is 0.294 e. The summed E-state index contributed by atoms with van der Waals surface area (Å²) in [6.45, 7) is 1.43. The number of nitrogens with zero attached hydrogens (tertiary/aromatic N) is 4. The van der Waals surface area contributed by atoms with E-state index in [0.29, 0.717) is 41.5 Å². The zero-order chi connectivity index (χ0) is 26.3. The highest BCUT2D eigenvalue weighted by molar-refractivity contribution is 6.35. The van der Waals surface area contributed by atoms with Crippen LogP contribution in [0, 0.1) is 10.1 Å². The molecule has 3 aromatic carbocycles. The van der Waals surface area contributed by atoms with E-state index in [9.17, 15) is 19.7 Å². The van der Waals surface area contributed by atoms with Gasteiger partial charge in [0.25, 0.3) is 17.5 Å². The molecule has 2 heterocycles. The van der Waals surface area contributed by atoms with Crippen molar-refractivity contribution in [1.29, 1.82) is 0 Å². The number of imide groups is 1. The van der Waals surface area contributed by atoms with E-state index >= 15 is 0 Å². The number of carbonyl (C=O) groups is 2. The third-order valence-electron chi connectivity index (χ3n) is 6.68. The van der Waals surface area contributed by atoms with Gasteiger partial charge in [-0.15, -0.1) is 0 Å². The molecule has 2 amide bonds. The summed E-state index contributed by atoms with van der Waals surface area (Å²) in [6, 6.07) is 16.1. The molecule has 37 heavy (non-hydrogen) atoms. The van der Waals surface area contributed by atoms with E-state index < -0.39 is 4.92 Å². The third-order valence-corrected chi connectivity index (χ3v) is 7.36. The van der Waals surface area contributed by atoms with Crippen molar-refractivity contribution in [1.82, 2.24) is 9.80 Å². The van der Waals surface area contributed by atoms with Crippen molar-refractivity contribution < 1.29 is 19.2 Å². The molecule has 2 aliphatic rings. The molecule has 190 valence electrons. The van der Waals surface area contributed by atoms with Gasteiger partial charge in [0.15, 0.2) is 0 Å². The quantitative estimate of drug-likeness (QED) is 0.243. The first-order valence-electron chi connectivity index (χ1n) is 11.6. The van der Waals surface area contributed by atoms with Crippen LogP contribution in [0.5, 0.6) is 11.5 Å². The number of nitro benzene ring substituents is 1. The van der Waals surface area contributed by atoms with E-state index in [4.69, 9.17) is 27.9 Å². The molecule has 0 aromatic heterocycles. The number of ether oxygens (including phenoxy) is 1. The van der Waals surface area contributed by atoms with E-state index in [2.05, 4.69) is 0 Å². The lowest BCUT2D eigenvalue weighted by Crippen LogP contribution is -2.56. The van der Waals surface area contributed by atoms with Gasteiger partial charge in [-0.2, -0.15) is 0 Å². The Morgan fingerprint density at radius 3 is 2.24 bits per heavy atom. The number of para-hydroxylation sites is 1. The molecular weight excluding hydrogens is 519 g/mol. The fourth-order valence-electron chi connectivity index (χ4n) is 4.67. The van der Waals surface area contributed by atoms with Gasteiger partial charge in [0, 0.05) is 38.3 Å². The van der Waals surface area contributed by atoms with Gasteiger partial charge < -0.3 is 9.64 Å². The second kappa shape index (κ2) is 10.0. The number of anilines is 1. The fraction of sp³-hybridized carbons (Fsp3) is 0.231. The molecule has 0 N–H and O–H groups in total. The summed E-state index contributed by atoms with van der Waals surface area (Å²) in [5, 5.41) is 12.4. The highest BCUT2D eigenvalue weighted by Gasteiger charge is 2.39. The third kappa shape index (κ3) is 4.61. The molecule has 2 aliphatic heterocycles. The average Bonchev–Trinajstić information content (AvgIpc) is 3.12. The van der Waals surface area contributed by atoms with E-state index in [1.54, 1.807) is 48.5 Å². The van der Waals surface area contributed by atoms with Gasteiger partial charge in [-0.1, -0.05) is 47.5 Å². The molecule has 0 saturated carbocycles. The Bertz CT molecular complexity index is 1380. The number of piperazine rings is 1. The fourth-order valence-corrected chi connectivity index (χ4v) is 5.16. The van der Waals surface area contributed by atoms with Crippen LogP contribution in [0.2, 0.25) is 10.0 Å². The van der Waals surface area contributed by atoms with Crippen LogP contribution in [0.15, 0.2) is 60.7 Å². The molecule has 1 saturated heterocycles. The lowest BCUT2D eigenvalue weighted by Gasteiger charge is -2.41. The number of nitro groups is 1. The van der Waals surface area contributed by atoms with Crippen molar-refractivity contribution in [3.05, 3.63) is 92.0 Å². The normalized spacial score (nSPS) is 17.8. The van der Waals surface area contributed by atoms with Gasteiger partial charge in [-0.25, -0.2) is 0 Å². The highest BCUT2D eigenvalue weighted by Crippen LogP contribution is 2.44. The summed E-state index contributed by atoms with van der Waals surface area (Å²) in [6.07, 6.45) is 0. The average molecular weight is 541 g/mol. The molecule has 11 heteroatoms. The van der Waals surface area contributed by atoms with E-state index in [1.807, 2.05) is 16.8 Å². The van der Waals surface area contributed by atoms with E-state index in [1.165, 1.54) is 17.0 Å². The number of benzene rings is 3. The summed E-state index contributed by atoms with van der Waals surface area (Å²) in [5.74, 6) is -0.0884. The number of hydrogen-bond donors (Lipinski definition) is 0. The standard InChI is InChI=1S/C26H22Cl2N4O5/c1-29-12-13-30(14-16(29)15-31-25(33)17-6-2-3-7-18(17)26(31)34)24-20(32(35)36)10-11-22(23(24)28)37-21-9-5-4-8-19(21)27/h2-11,16H,12-15H2,1H3/t16-/m1/s1. The van der Waals surface area contributed by atoms with Gasteiger partial charge in [-0.05, 0) is 37.4 Å². The molecule has 0 radical (unpaired) electrons.